The summed E-state index contributed by atoms with van der Waals surface area (Å²) in [6.45, 7) is -2.95. The van der Waals surface area contributed by atoms with Crippen LogP contribution in [0.1, 0.15) is 12.2 Å². The standard InChI is InChI=1S/C20H17F2NO3/c21-20(22)26-18-9-5-4-8-16(18)23-19(24)13-11-15-10-12-17(25-15)14-6-2-1-3-7-14/h1-10,12,20H,11,13H2,(H,23,24). The predicted molar refractivity (Wildman–Crippen MR) is 94.2 cm³/mol. The molecule has 0 unspecified atom stereocenters. The molecule has 0 aliphatic rings. The number of nitrogens with one attached hydrogen (secondary N) is 1. The van der Waals surface area contributed by atoms with Crippen LogP contribution in [0, 0.1) is 0 Å². The van der Waals surface area contributed by atoms with Crippen molar-refractivity contribution in [1.29, 1.82) is 0 Å². The highest BCUT2D eigenvalue weighted by Crippen LogP contribution is 2.26. The summed E-state index contributed by atoms with van der Waals surface area (Å²) in [4.78, 5) is 12.1. The van der Waals surface area contributed by atoms with Crippen LogP contribution >= 0.6 is 0 Å². The first-order chi connectivity index (χ1) is 12.6. The van der Waals surface area contributed by atoms with Gasteiger partial charge in [-0.3, -0.25) is 4.79 Å². The smallest absolute Gasteiger partial charge is 0.387 e. The molecule has 26 heavy (non-hydrogen) atoms. The van der Waals surface area contributed by atoms with Crippen LogP contribution in [-0.2, 0) is 11.2 Å². The average molecular weight is 357 g/mol. The van der Waals surface area contributed by atoms with Crippen LogP contribution in [0.25, 0.3) is 11.3 Å². The van der Waals surface area contributed by atoms with Gasteiger partial charge in [-0.05, 0) is 24.3 Å². The molecule has 3 rings (SSSR count). The van der Waals surface area contributed by atoms with E-state index in [2.05, 4.69) is 10.1 Å². The Kier molecular flexibility index (Phi) is 5.63. The van der Waals surface area contributed by atoms with Gasteiger partial charge in [-0.25, -0.2) is 0 Å². The minimum Gasteiger partial charge on any atom is -0.461 e. The van der Waals surface area contributed by atoms with Crippen LogP contribution in [0.15, 0.2) is 71.1 Å². The minimum atomic E-state index is -2.95. The molecule has 1 aromatic heterocycles. The molecule has 1 heterocycles. The number of rotatable bonds is 7. The summed E-state index contributed by atoms with van der Waals surface area (Å²) in [7, 11) is 0. The fraction of sp³-hybridized carbons (Fsp3) is 0.150. The van der Waals surface area contributed by atoms with Crippen molar-refractivity contribution >= 4 is 11.6 Å². The van der Waals surface area contributed by atoms with Gasteiger partial charge < -0.3 is 14.5 Å². The second-order valence-corrected chi connectivity index (χ2v) is 5.55. The lowest BCUT2D eigenvalue weighted by molar-refractivity contribution is -0.116. The summed E-state index contributed by atoms with van der Waals surface area (Å²) in [5.41, 5.74) is 1.17. The van der Waals surface area contributed by atoms with Crippen molar-refractivity contribution in [2.24, 2.45) is 0 Å². The Morgan fingerprint density at radius 1 is 1.00 bits per heavy atom. The van der Waals surface area contributed by atoms with E-state index >= 15 is 0 Å². The van der Waals surface area contributed by atoms with E-state index in [0.717, 1.165) is 11.3 Å². The van der Waals surface area contributed by atoms with E-state index in [1.807, 2.05) is 42.5 Å². The zero-order chi connectivity index (χ0) is 18.4. The van der Waals surface area contributed by atoms with Gasteiger partial charge in [0.15, 0.2) is 0 Å². The number of benzene rings is 2. The molecule has 0 saturated heterocycles. The number of hydrogen-bond acceptors (Lipinski definition) is 3. The quantitative estimate of drug-likeness (QED) is 0.638. The molecular weight excluding hydrogens is 340 g/mol. The van der Waals surface area contributed by atoms with Crippen molar-refractivity contribution < 1.29 is 22.7 Å². The Morgan fingerprint density at radius 3 is 2.50 bits per heavy atom. The lowest BCUT2D eigenvalue weighted by atomic mass is 10.2. The molecule has 0 atom stereocenters. The Balaban J connectivity index is 1.58. The van der Waals surface area contributed by atoms with Gasteiger partial charge in [-0.2, -0.15) is 8.78 Å². The topological polar surface area (TPSA) is 51.5 Å². The predicted octanol–water partition coefficient (Wildman–Crippen LogP) is 5.12. The van der Waals surface area contributed by atoms with Crippen LogP contribution in [0.4, 0.5) is 14.5 Å². The van der Waals surface area contributed by atoms with Crippen molar-refractivity contribution in [3.63, 3.8) is 0 Å². The van der Waals surface area contributed by atoms with E-state index in [0.29, 0.717) is 12.2 Å². The molecule has 3 aromatic rings. The van der Waals surface area contributed by atoms with Crippen molar-refractivity contribution in [3.05, 3.63) is 72.5 Å². The molecule has 0 bridgehead atoms. The number of furan rings is 1. The van der Waals surface area contributed by atoms with Crippen LogP contribution in [0.5, 0.6) is 5.75 Å². The summed E-state index contributed by atoms with van der Waals surface area (Å²) in [5.74, 6) is 1.03. The number of anilines is 1. The zero-order valence-electron chi connectivity index (χ0n) is 13.8. The number of carbonyl (C=O) groups is 1. The van der Waals surface area contributed by atoms with Crippen LogP contribution in [0.2, 0.25) is 0 Å². The molecule has 0 aliphatic heterocycles. The second kappa shape index (κ2) is 8.29. The first-order valence-corrected chi connectivity index (χ1v) is 8.09. The van der Waals surface area contributed by atoms with E-state index in [9.17, 15) is 13.6 Å². The molecule has 134 valence electrons. The first-order valence-electron chi connectivity index (χ1n) is 8.09. The minimum absolute atomic E-state index is 0.0692. The average Bonchev–Trinajstić information content (AvgIpc) is 3.11. The van der Waals surface area contributed by atoms with Crippen LogP contribution in [0.3, 0.4) is 0 Å². The van der Waals surface area contributed by atoms with E-state index in [1.54, 1.807) is 12.1 Å². The maximum Gasteiger partial charge on any atom is 0.387 e. The van der Waals surface area contributed by atoms with E-state index < -0.39 is 6.61 Å². The van der Waals surface area contributed by atoms with Gasteiger partial charge >= 0.3 is 6.61 Å². The molecule has 0 radical (unpaired) electrons. The molecule has 1 amide bonds. The summed E-state index contributed by atoms with van der Waals surface area (Å²) in [6, 6.07) is 19.4. The van der Waals surface area contributed by atoms with Gasteiger partial charge in [0.1, 0.15) is 17.3 Å². The highest BCUT2D eigenvalue weighted by atomic mass is 19.3. The van der Waals surface area contributed by atoms with Crippen molar-refractivity contribution in [2.75, 3.05) is 5.32 Å². The molecular formula is C20H17F2NO3. The monoisotopic (exact) mass is 357 g/mol. The number of amides is 1. The zero-order valence-corrected chi connectivity index (χ0v) is 13.8. The largest absolute Gasteiger partial charge is 0.461 e. The summed E-state index contributed by atoms with van der Waals surface area (Å²) in [5, 5.41) is 2.59. The SMILES string of the molecule is O=C(CCc1ccc(-c2ccccc2)o1)Nc1ccccc1OC(F)F. The third-order valence-electron chi connectivity index (χ3n) is 3.70. The van der Waals surface area contributed by atoms with Crippen LogP contribution in [-0.4, -0.2) is 12.5 Å². The lowest BCUT2D eigenvalue weighted by Crippen LogP contribution is -2.14. The highest BCUT2D eigenvalue weighted by molar-refractivity contribution is 5.92. The lowest BCUT2D eigenvalue weighted by Gasteiger charge is -2.11. The third-order valence-corrected chi connectivity index (χ3v) is 3.70. The van der Waals surface area contributed by atoms with E-state index in [4.69, 9.17) is 4.42 Å². The number of hydrogen-bond donors (Lipinski definition) is 1. The second-order valence-electron chi connectivity index (χ2n) is 5.55. The van der Waals surface area contributed by atoms with Gasteiger partial charge in [0.2, 0.25) is 5.91 Å². The molecule has 2 aromatic carbocycles. The Labute approximate surface area is 149 Å². The normalized spacial score (nSPS) is 10.7. The van der Waals surface area contributed by atoms with Crippen molar-refractivity contribution in [3.8, 4) is 17.1 Å². The molecule has 1 N–H and O–H groups in total. The van der Waals surface area contributed by atoms with Crippen molar-refractivity contribution in [1.82, 2.24) is 0 Å². The maximum atomic E-state index is 12.4. The van der Waals surface area contributed by atoms with Gasteiger partial charge in [0.25, 0.3) is 0 Å². The Hall–Kier alpha value is -3.15. The van der Waals surface area contributed by atoms with Gasteiger partial charge in [0, 0.05) is 18.4 Å². The number of ether oxygens (including phenoxy) is 1. The Morgan fingerprint density at radius 2 is 1.73 bits per heavy atom. The summed E-state index contributed by atoms with van der Waals surface area (Å²) >= 11 is 0. The fourth-order valence-corrected chi connectivity index (χ4v) is 2.49. The van der Waals surface area contributed by atoms with Crippen LogP contribution < -0.4 is 10.1 Å². The number of halogens is 2. The number of alkyl halides is 2. The maximum absolute atomic E-state index is 12.4. The van der Waals surface area contributed by atoms with Gasteiger partial charge in [-0.15, -0.1) is 0 Å². The molecule has 0 spiro atoms. The molecule has 0 saturated carbocycles. The number of para-hydroxylation sites is 2. The van der Waals surface area contributed by atoms with E-state index in [-0.39, 0.29) is 23.8 Å². The molecule has 0 fully saturated rings. The van der Waals surface area contributed by atoms with Gasteiger partial charge in [0.05, 0.1) is 5.69 Å². The van der Waals surface area contributed by atoms with Gasteiger partial charge in [-0.1, -0.05) is 42.5 Å². The highest BCUT2D eigenvalue weighted by Gasteiger charge is 2.12. The molecule has 6 heteroatoms. The molecule has 4 nitrogen and oxygen atoms in total. The Bertz CT molecular complexity index is 862. The number of carbonyl (C=O) groups excluding carboxylic acids is 1. The summed E-state index contributed by atoms with van der Waals surface area (Å²) in [6.07, 6.45) is 0.557. The third kappa shape index (κ3) is 4.69. The van der Waals surface area contributed by atoms with E-state index in [1.165, 1.54) is 12.1 Å². The number of aryl methyl sites for hydroxylation is 1. The van der Waals surface area contributed by atoms with Crippen molar-refractivity contribution in [2.45, 2.75) is 19.5 Å². The first kappa shape index (κ1) is 17.7. The molecule has 0 aliphatic carbocycles. The summed E-state index contributed by atoms with van der Waals surface area (Å²) < 4.78 is 34.9. The fourth-order valence-electron chi connectivity index (χ4n) is 2.49.